The lowest BCUT2D eigenvalue weighted by Gasteiger charge is -2.46. The van der Waals surface area contributed by atoms with Gasteiger partial charge < -0.3 is 5.11 Å². The molecule has 2 aromatic carbocycles. The molecular weight excluding hydrogens is 244 g/mol. The van der Waals surface area contributed by atoms with E-state index in [2.05, 4.69) is 55.5 Å². The Balaban J connectivity index is 1.97. The van der Waals surface area contributed by atoms with Crippen molar-refractivity contribution in [2.24, 2.45) is 0 Å². The van der Waals surface area contributed by atoms with Crippen LogP contribution in [-0.4, -0.2) is 5.11 Å². The Kier molecular flexibility index (Phi) is 3.62. The van der Waals surface area contributed by atoms with E-state index in [0.717, 1.165) is 24.8 Å². The standard InChI is InChI=1S/C19H22O/c1-2-15-8-6-9-16(14-15)18(20)19(12-7-13-19)17-10-4-3-5-11-17/h3-6,8-11,14,18,20H,2,7,12-13H2,1H3. The van der Waals surface area contributed by atoms with Crippen molar-refractivity contribution in [3.63, 3.8) is 0 Å². The molecule has 3 rings (SSSR count). The van der Waals surface area contributed by atoms with Crippen molar-refractivity contribution in [3.8, 4) is 0 Å². The van der Waals surface area contributed by atoms with E-state index < -0.39 is 6.10 Å². The lowest BCUT2D eigenvalue weighted by Crippen LogP contribution is -2.40. The van der Waals surface area contributed by atoms with Crippen molar-refractivity contribution in [1.29, 1.82) is 0 Å². The molecule has 1 fully saturated rings. The zero-order chi connectivity index (χ0) is 14.0. The number of rotatable bonds is 4. The van der Waals surface area contributed by atoms with Gasteiger partial charge >= 0.3 is 0 Å². The first-order valence-electron chi connectivity index (χ1n) is 7.59. The fraction of sp³-hybridized carbons (Fsp3) is 0.368. The van der Waals surface area contributed by atoms with Gasteiger partial charge in [0.2, 0.25) is 0 Å². The largest absolute Gasteiger partial charge is 0.387 e. The summed E-state index contributed by atoms with van der Waals surface area (Å²) in [6, 6.07) is 18.9. The van der Waals surface area contributed by atoms with E-state index in [9.17, 15) is 5.11 Å². The predicted molar refractivity (Wildman–Crippen MR) is 82.8 cm³/mol. The Morgan fingerprint density at radius 2 is 1.80 bits per heavy atom. The van der Waals surface area contributed by atoms with Gasteiger partial charge in [-0.3, -0.25) is 0 Å². The third kappa shape index (κ3) is 2.16. The lowest BCUT2D eigenvalue weighted by atomic mass is 9.60. The van der Waals surface area contributed by atoms with E-state index in [0.29, 0.717) is 0 Å². The molecule has 1 nitrogen and oxygen atoms in total. The number of aryl methyl sites for hydroxylation is 1. The Labute approximate surface area is 121 Å². The van der Waals surface area contributed by atoms with Crippen LogP contribution < -0.4 is 0 Å². The van der Waals surface area contributed by atoms with Crippen molar-refractivity contribution < 1.29 is 5.11 Å². The predicted octanol–water partition coefficient (Wildman–Crippen LogP) is 4.40. The highest BCUT2D eigenvalue weighted by Crippen LogP contribution is 2.52. The number of hydrogen-bond acceptors (Lipinski definition) is 1. The van der Waals surface area contributed by atoms with Gasteiger partial charge in [-0.1, -0.05) is 67.9 Å². The molecule has 1 aliphatic carbocycles. The molecular formula is C19H22O. The molecule has 104 valence electrons. The minimum atomic E-state index is -0.398. The Bertz CT molecular complexity index is 569. The van der Waals surface area contributed by atoms with Crippen LogP contribution in [0.1, 0.15) is 49.0 Å². The van der Waals surface area contributed by atoms with Gasteiger partial charge in [0.25, 0.3) is 0 Å². The van der Waals surface area contributed by atoms with Crippen LogP contribution in [0.5, 0.6) is 0 Å². The molecule has 0 bridgehead atoms. The van der Waals surface area contributed by atoms with Crippen LogP contribution >= 0.6 is 0 Å². The molecule has 1 heteroatoms. The Morgan fingerprint density at radius 1 is 1.05 bits per heavy atom. The van der Waals surface area contributed by atoms with Crippen LogP contribution in [0.4, 0.5) is 0 Å². The second kappa shape index (κ2) is 5.41. The normalized spacial score (nSPS) is 18.3. The van der Waals surface area contributed by atoms with Gasteiger partial charge in [0.15, 0.2) is 0 Å². The molecule has 0 spiro atoms. The summed E-state index contributed by atoms with van der Waals surface area (Å²) in [6.07, 6.45) is 3.98. The number of aliphatic hydroxyl groups excluding tert-OH is 1. The van der Waals surface area contributed by atoms with Crippen molar-refractivity contribution in [3.05, 3.63) is 71.3 Å². The quantitative estimate of drug-likeness (QED) is 0.869. The number of benzene rings is 2. The topological polar surface area (TPSA) is 20.2 Å². The summed E-state index contributed by atoms with van der Waals surface area (Å²) in [5.41, 5.74) is 3.56. The fourth-order valence-corrected chi connectivity index (χ4v) is 3.35. The van der Waals surface area contributed by atoms with Gasteiger partial charge in [-0.2, -0.15) is 0 Å². The molecule has 0 radical (unpaired) electrons. The first-order valence-corrected chi connectivity index (χ1v) is 7.59. The van der Waals surface area contributed by atoms with E-state index in [1.54, 1.807) is 0 Å². The summed E-state index contributed by atoms with van der Waals surface area (Å²) < 4.78 is 0. The third-order valence-electron chi connectivity index (χ3n) is 4.79. The molecule has 1 atom stereocenters. The zero-order valence-electron chi connectivity index (χ0n) is 12.0. The maximum atomic E-state index is 11.0. The average Bonchev–Trinajstić information content (AvgIpc) is 2.47. The smallest absolute Gasteiger partial charge is 0.0886 e. The summed E-state index contributed by atoms with van der Waals surface area (Å²) in [6.45, 7) is 2.15. The van der Waals surface area contributed by atoms with Gasteiger partial charge in [0.1, 0.15) is 0 Å². The minimum absolute atomic E-state index is 0.0758. The highest BCUT2D eigenvalue weighted by Gasteiger charge is 2.45. The van der Waals surface area contributed by atoms with Crippen molar-refractivity contribution in [1.82, 2.24) is 0 Å². The molecule has 1 aliphatic rings. The molecule has 0 heterocycles. The average molecular weight is 266 g/mol. The minimum Gasteiger partial charge on any atom is -0.387 e. The molecule has 20 heavy (non-hydrogen) atoms. The first kappa shape index (κ1) is 13.4. The Hall–Kier alpha value is -1.60. The molecule has 0 aromatic heterocycles. The summed E-state index contributed by atoms with van der Waals surface area (Å²) in [4.78, 5) is 0. The number of aliphatic hydroxyl groups is 1. The SMILES string of the molecule is CCc1cccc(C(O)C2(c3ccccc3)CCC2)c1. The van der Waals surface area contributed by atoms with Crippen molar-refractivity contribution in [2.45, 2.75) is 44.1 Å². The van der Waals surface area contributed by atoms with Crippen LogP contribution in [-0.2, 0) is 11.8 Å². The molecule has 1 unspecified atom stereocenters. The van der Waals surface area contributed by atoms with E-state index in [1.165, 1.54) is 17.5 Å². The monoisotopic (exact) mass is 266 g/mol. The zero-order valence-corrected chi connectivity index (χ0v) is 12.0. The Morgan fingerprint density at radius 3 is 2.40 bits per heavy atom. The van der Waals surface area contributed by atoms with Gasteiger partial charge in [-0.05, 0) is 36.0 Å². The maximum absolute atomic E-state index is 11.0. The van der Waals surface area contributed by atoms with Gasteiger partial charge in [0.05, 0.1) is 6.10 Å². The molecule has 1 saturated carbocycles. The van der Waals surface area contributed by atoms with Crippen LogP contribution in [0.3, 0.4) is 0 Å². The second-order valence-electron chi connectivity index (χ2n) is 5.88. The van der Waals surface area contributed by atoms with E-state index in [1.807, 2.05) is 6.07 Å². The molecule has 1 N–H and O–H groups in total. The third-order valence-corrected chi connectivity index (χ3v) is 4.79. The first-order chi connectivity index (χ1) is 9.76. The van der Waals surface area contributed by atoms with E-state index in [4.69, 9.17) is 0 Å². The lowest BCUT2D eigenvalue weighted by molar-refractivity contribution is 0.0268. The highest BCUT2D eigenvalue weighted by molar-refractivity contribution is 5.35. The van der Waals surface area contributed by atoms with Crippen LogP contribution in [0.2, 0.25) is 0 Å². The molecule has 0 aliphatic heterocycles. The van der Waals surface area contributed by atoms with Crippen LogP contribution in [0, 0.1) is 0 Å². The van der Waals surface area contributed by atoms with Crippen molar-refractivity contribution in [2.75, 3.05) is 0 Å². The second-order valence-corrected chi connectivity index (χ2v) is 5.88. The van der Waals surface area contributed by atoms with Gasteiger partial charge in [-0.25, -0.2) is 0 Å². The van der Waals surface area contributed by atoms with Crippen molar-refractivity contribution >= 4 is 0 Å². The summed E-state index contributed by atoms with van der Waals surface area (Å²) in [5, 5.41) is 11.0. The fourth-order valence-electron chi connectivity index (χ4n) is 3.35. The van der Waals surface area contributed by atoms with Gasteiger partial charge in [0, 0.05) is 5.41 Å². The van der Waals surface area contributed by atoms with Gasteiger partial charge in [-0.15, -0.1) is 0 Å². The van der Waals surface area contributed by atoms with E-state index in [-0.39, 0.29) is 5.41 Å². The van der Waals surface area contributed by atoms with Crippen LogP contribution in [0.25, 0.3) is 0 Å². The molecule has 0 amide bonds. The molecule has 0 saturated heterocycles. The number of hydrogen-bond donors (Lipinski definition) is 1. The summed E-state index contributed by atoms with van der Waals surface area (Å²) >= 11 is 0. The van der Waals surface area contributed by atoms with E-state index >= 15 is 0 Å². The summed E-state index contributed by atoms with van der Waals surface area (Å²) in [5.74, 6) is 0. The highest BCUT2D eigenvalue weighted by atomic mass is 16.3. The maximum Gasteiger partial charge on any atom is 0.0886 e. The summed E-state index contributed by atoms with van der Waals surface area (Å²) in [7, 11) is 0. The molecule has 2 aromatic rings. The van der Waals surface area contributed by atoms with Crippen LogP contribution in [0.15, 0.2) is 54.6 Å².